The number of hydrazone groups is 1. The Kier molecular flexibility index (Phi) is 5.90. The summed E-state index contributed by atoms with van der Waals surface area (Å²) in [7, 11) is 0. The van der Waals surface area contributed by atoms with Crippen molar-refractivity contribution < 1.29 is 19.1 Å². The number of benzene rings is 2. The molecule has 0 aliphatic rings. The minimum absolute atomic E-state index is 0.397. The summed E-state index contributed by atoms with van der Waals surface area (Å²) >= 11 is 0. The van der Waals surface area contributed by atoms with Gasteiger partial charge in [0.05, 0.1) is 18.4 Å². The average molecular weight is 327 g/mol. The van der Waals surface area contributed by atoms with Gasteiger partial charge >= 0.3 is 12.0 Å². The van der Waals surface area contributed by atoms with Crippen molar-refractivity contribution >= 4 is 18.2 Å². The molecule has 2 aromatic carbocycles. The summed E-state index contributed by atoms with van der Waals surface area (Å²) in [5.74, 6) is 0.631. The predicted octanol–water partition coefficient (Wildman–Crippen LogP) is 2.31. The van der Waals surface area contributed by atoms with Gasteiger partial charge in [-0.2, -0.15) is 5.10 Å². The lowest BCUT2D eigenvalue weighted by molar-refractivity contribution is 0.0734. The van der Waals surface area contributed by atoms with Crippen LogP contribution in [0.3, 0.4) is 0 Å². The van der Waals surface area contributed by atoms with E-state index in [-0.39, 0.29) is 0 Å². The number of urea groups is 1. The second-order valence-electron chi connectivity index (χ2n) is 4.65. The van der Waals surface area contributed by atoms with Crippen LogP contribution in [0.5, 0.6) is 11.5 Å². The number of ether oxygens (including phenoxy) is 2. The molecular weight excluding hydrogens is 310 g/mol. The molecule has 2 rings (SSSR count). The minimum atomic E-state index is -0.743. The van der Waals surface area contributed by atoms with E-state index in [0.717, 1.165) is 0 Å². The Balaban J connectivity index is 1.96. The van der Waals surface area contributed by atoms with Gasteiger partial charge < -0.3 is 15.2 Å². The fraction of sp³-hybridized carbons (Fsp3) is 0.118. The van der Waals surface area contributed by atoms with Gasteiger partial charge in [0, 0.05) is 0 Å². The van der Waals surface area contributed by atoms with Gasteiger partial charge in [0.15, 0.2) is 0 Å². The highest BCUT2D eigenvalue weighted by Gasteiger charge is 2.08. The second kappa shape index (κ2) is 8.33. The first-order valence-electron chi connectivity index (χ1n) is 7.22. The van der Waals surface area contributed by atoms with Gasteiger partial charge in [0.2, 0.25) is 0 Å². The van der Waals surface area contributed by atoms with Crippen molar-refractivity contribution in [3.8, 4) is 11.5 Å². The summed E-state index contributed by atoms with van der Waals surface area (Å²) < 4.78 is 10.6. The Morgan fingerprint density at radius 2 is 1.71 bits per heavy atom. The Hall–Kier alpha value is -3.35. The quantitative estimate of drug-likeness (QED) is 0.368. The zero-order chi connectivity index (χ0) is 17.4. The topological polar surface area (TPSA) is 103 Å². The lowest BCUT2D eigenvalue weighted by Crippen LogP contribution is -2.24. The number of esters is 1. The van der Waals surface area contributed by atoms with E-state index in [1.807, 2.05) is 6.92 Å². The first-order chi connectivity index (χ1) is 11.6. The standard InChI is InChI=1S/C17H17N3O4/c1-2-23-14-9-5-13(6-10-14)16(21)24-15-7-3-12(4-8-15)11-19-20-17(18)22/h3-11H,2H2,1H3,(H3,18,20,22)/b19-11+. The molecule has 3 N–H and O–H groups in total. The third kappa shape index (κ3) is 5.13. The fourth-order valence-corrected chi connectivity index (χ4v) is 1.81. The van der Waals surface area contributed by atoms with Gasteiger partial charge in [-0.25, -0.2) is 15.0 Å². The molecule has 0 radical (unpaired) electrons. The summed E-state index contributed by atoms with van der Waals surface area (Å²) in [6, 6.07) is 12.6. The summed E-state index contributed by atoms with van der Waals surface area (Å²) in [5.41, 5.74) is 8.11. The molecule has 24 heavy (non-hydrogen) atoms. The van der Waals surface area contributed by atoms with Gasteiger partial charge in [-0.3, -0.25) is 0 Å². The summed E-state index contributed by atoms with van der Waals surface area (Å²) in [6.45, 7) is 2.45. The van der Waals surface area contributed by atoms with Crippen LogP contribution in [-0.4, -0.2) is 24.8 Å². The maximum absolute atomic E-state index is 12.1. The Morgan fingerprint density at radius 1 is 1.08 bits per heavy atom. The largest absolute Gasteiger partial charge is 0.494 e. The molecule has 0 fully saturated rings. The SMILES string of the molecule is CCOc1ccc(C(=O)Oc2ccc(/C=N/NC(N)=O)cc2)cc1. The van der Waals surface area contributed by atoms with Crippen LogP contribution in [0.1, 0.15) is 22.8 Å². The number of nitrogens with one attached hydrogen (secondary N) is 1. The van der Waals surface area contributed by atoms with Crippen LogP contribution in [0.15, 0.2) is 53.6 Å². The highest BCUT2D eigenvalue weighted by molar-refractivity contribution is 5.91. The summed E-state index contributed by atoms with van der Waals surface area (Å²) in [4.78, 5) is 22.6. The van der Waals surface area contributed by atoms with E-state index in [9.17, 15) is 9.59 Å². The van der Waals surface area contributed by atoms with Crippen LogP contribution < -0.4 is 20.6 Å². The monoisotopic (exact) mass is 327 g/mol. The summed E-state index contributed by atoms with van der Waals surface area (Å²) in [6.07, 6.45) is 1.42. The molecule has 0 aliphatic carbocycles. The molecule has 2 aromatic rings. The van der Waals surface area contributed by atoms with Crippen molar-refractivity contribution in [1.82, 2.24) is 5.43 Å². The number of hydrogen-bond acceptors (Lipinski definition) is 5. The van der Waals surface area contributed by atoms with Crippen LogP contribution in [0.4, 0.5) is 4.79 Å². The smallest absolute Gasteiger partial charge is 0.343 e. The molecule has 7 heteroatoms. The Labute approximate surface area is 139 Å². The predicted molar refractivity (Wildman–Crippen MR) is 89.3 cm³/mol. The first kappa shape index (κ1) is 17.0. The number of hydrogen-bond donors (Lipinski definition) is 2. The zero-order valence-electron chi connectivity index (χ0n) is 13.1. The molecule has 7 nitrogen and oxygen atoms in total. The van der Waals surface area contributed by atoms with Crippen molar-refractivity contribution in [1.29, 1.82) is 0 Å². The number of primary amides is 1. The number of nitrogens with two attached hydrogens (primary N) is 1. The molecular formula is C17H17N3O4. The number of nitrogens with zero attached hydrogens (tertiary/aromatic N) is 1. The normalized spacial score (nSPS) is 10.4. The van der Waals surface area contributed by atoms with Crippen LogP contribution >= 0.6 is 0 Å². The lowest BCUT2D eigenvalue weighted by Gasteiger charge is -2.06. The van der Waals surface area contributed by atoms with Gasteiger partial charge in [-0.1, -0.05) is 0 Å². The van der Waals surface area contributed by atoms with Crippen molar-refractivity contribution in [2.45, 2.75) is 6.92 Å². The van der Waals surface area contributed by atoms with Crippen molar-refractivity contribution in [2.24, 2.45) is 10.8 Å². The van der Waals surface area contributed by atoms with E-state index in [0.29, 0.717) is 29.2 Å². The van der Waals surface area contributed by atoms with Gasteiger partial charge in [-0.15, -0.1) is 0 Å². The second-order valence-corrected chi connectivity index (χ2v) is 4.65. The maximum atomic E-state index is 12.1. The molecule has 124 valence electrons. The van der Waals surface area contributed by atoms with Crippen molar-refractivity contribution in [2.75, 3.05) is 6.61 Å². The molecule has 0 atom stereocenters. The highest BCUT2D eigenvalue weighted by Crippen LogP contribution is 2.16. The van der Waals surface area contributed by atoms with Crippen LogP contribution in [-0.2, 0) is 0 Å². The zero-order valence-corrected chi connectivity index (χ0v) is 13.1. The van der Waals surface area contributed by atoms with Crippen molar-refractivity contribution in [3.05, 3.63) is 59.7 Å². The fourth-order valence-electron chi connectivity index (χ4n) is 1.81. The third-order valence-electron chi connectivity index (χ3n) is 2.88. The Bertz CT molecular complexity index is 725. The van der Waals surface area contributed by atoms with Crippen LogP contribution in [0.2, 0.25) is 0 Å². The molecule has 0 spiro atoms. The molecule has 0 heterocycles. The highest BCUT2D eigenvalue weighted by atomic mass is 16.5. The van der Waals surface area contributed by atoms with Crippen LogP contribution in [0, 0.1) is 0 Å². The van der Waals surface area contributed by atoms with E-state index in [2.05, 4.69) is 10.5 Å². The van der Waals surface area contributed by atoms with Gasteiger partial charge in [0.25, 0.3) is 0 Å². The average Bonchev–Trinajstić information content (AvgIpc) is 2.57. The molecule has 0 saturated heterocycles. The number of carbonyl (C=O) groups excluding carboxylic acids is 2. The van der Waals surface area contributed by atoms with E-state index in [1.165, 1.54) is 6.21 Å². The number of amides is 2. The number of rotatable bonds is 6. The van der Waals surface area contributed by atoms with E-state index >= 15 is 0 Å². The van der Waals surface area contributed by atoms with Gasteiger partial charge in [-0.05, 0) is 61.0 Å². The molecule has 2 amide bonds. The summed E-state index contributed by atoms with van der Waals surface area (Å²) in [5, 5.41) is 3.63. The third-order valence-corrected chi connectivity index (χ3v) is 2.88. The minimum Gasteiger partial charge on any atom is -0.494 e. The van der Waals surface area contributed by atoms with E-state index < -0.39 is 12.0 Å². The number of carbonyl (C=O) groups is 2. The molecule has 0 bridgehead atoms. The lowest BCUT2D eigenvalue weighted by atomic mass is 10.2. The molecule has 0 aliphatic heterocycles. The Morgan fingerprint density at radius 3 is 2.29 bits per heavy atom. The van der Waals surface area contributed by atoms with Crippen LogP contribution in [0.25, 0.3) is 0 Å². The first-order valence-corrected chi connectivity index (χ1v) is 7.22. The van der Waals surface area contributed by atoms with Crippen molar-refractivity contribution in [3.63, 3.8) is 0 Å². The maximum Gasteiger partial charge on any atom is 0.343 e. The van der Waals surface area contributed by atoms with E-state index in [4.69, 9.17) is 15.2 Å². The van der Waals surface area contributed by atoms with Gasteiger partial charge in [0.1, 0.15) is 11.5 Å². The molecule has 0 unspecified atom stereocenters. The van der Waals surface area contributed by atoms with E-state index in [1.54, 1.807) is 48.5 Å². The molecule has 0 saturated carbocycles. The molecule has 0 aromatic heterocycles.